The van der Waals surface area contributed by atoms with Crippen molar-refractivity contribution in [2.24, 2.45) is 0 Å². The Hall–Kier alpha value is -1.64. The first-order chi connectivity index (χ1) is 13.6. The van der Waals surface area contributed by atoms with Gasteiger partial charge in [0.15, 0.2) is 5.79 Å². The van der Waals surface area contributed by atoms with Gasteiger partial charge >= 0.3 is 12.1 Å². The summed E-state index contributed by atoms with van der Waals surface area (Å²) in [7, 11) is 0.845. The molecule has 0 aromatic heterocycles. The van der Waals surface area contributed by atoms with Gasteiger partial charge in [0.2, 0.25) is 0 Å². The third-order valence-corrected chi connectivity index (χ3v) is 5.74. The van der Waals surface area contributed by atoms with Crippen molar-refractivity contribution >= 4 is 5.97 Å². The van der Waals surface area contributed by atoms with Gasteiger partial charge in [-0.25, -0.2) is 4.79 Å². The summed E-state index contributed by atoms with van der Waals surface area (Å²) < 4.78 is 64.0. The molecule has 5 nitrogen and oxygen atoms in total. The molecular weight excluding hydrogens is 389 g/mol. The molecule has 0 radical (unpaired) electrons. The molecular formula is C21H27F3O5. The molecule has 0 N–H and O–H groups in total. The van der Waals surface area contributed by atoms with Crippen LogP contribution in [-0.2, 0) is 29.3 Å². The van der Waals surface area contributed by atoms with E-state index in [4.69, 9.17) is 18.9 Å². The number of benzene rings is 1. The Morgan fingerprint density at radius 3 is 2.31 bits per heavy atom. The van der Waals surface area contributed by atoms with E-state index in [1.807, 2.05) is 0 Å². The normalized spacial score (nSPS) is 25.5. The second-order valence-electron chi connectivity index (χ2n) is 8.13. The Labute approximate surface area is 168 Å². The number of carbonyl (C=O) groups is 1. The van der Waals surface area contributed by atoms with Crippen LogP contribution in [-0.4, -0.2) is 43.4 Å². The van der Waals surface area contributed by atoms with E-state index in [1.165, 1.54) is 24.3 Å². The minimum atomic E-state index is -5.01. The average molecular weight is 416 g/mol. The smallest absolute Gasteiger partial charge is 0.432 e. The van der Waals surface area contributed by atoms with Crippen LogP contribution in [0.1, 0.15) is 51.5 Å². The molecule has 1 saturated carbocycles. The lowest BCUT2D eigenvalue weighted by Crippen LogP contribution is -2.52. The lowest BCUT2D eigenvalue weighted by Gasteiger charge is -2.33. The molecule has 2 atom stereocenters. The van der Waals surface area contributed by atoms with Crippen LogP contribution in [0.2, 0.25) is 0 Å². The van der Waals surface area contributed by atoms with Crippen molar-refractivity contribution in [3.05, 3.63) is 35.9 Å². The van der Waals surface area contributed by atoms with Crippen LogP contribution in [0.3, 0.4) is 0 Å². The lowest BCUT2D eigenvalue weighted by molar-refractivity contribution is -0.277. The maximum absolute atomic E-state index is 14.0. The molecule has 1 spiro atoms. The number of alkyl halides is 3. The van der Waals surface area contributed by atoms with Gasteiger partial charge in [-0.3, -0.25) is 0 Å². The van der Waals surface area contributed by atoms with Crippen LogP contribution in [0, 0.1) is 0 Å². The molecule has 29 heavy (non-hydrogen) atoms. The highest BCUT2D eigenvalue weighted by Gasteiger charge is 2.64. The Morgan fingerprint density at radius 1 is 1.14 bits per heavy atom. The molecule has 2 aliphatic rings. The van der Waals surface area contributed by atoms with Crippen molar-refractivity contribution in [2.75, 3.05) is 13.7 Å². The maximum atomic E-state index is 14.0. The molecule has 1 aliphatic carbocycles. The van der Waals surface area contributed by atoms with Gasteiger partial charge in [-0.15, -0.1) is 0 Å². The highest BCUT2D eigenvalue weighted by molar-refractivity contribution is 5.82. The van der Waals surface area contributed by atoms with Crippen LogP contribution >= 0.6 is 0 Å². The van der Waals surface area contributed by atoms with E-state index in [1.54, 1.807) is 19.9 Å². The summed E-state index contributed by atoms with van der Waals surface area (Å²) in [5.41, 5.74) is -4.34. The Bertz CT molecular complexity index is 713. The predicted octanol–water partition coefficient (Wildman–Crippen LogP) is 4.49. The summed E-state index contributed by atoms with van der Waals surface area (Å²) in [4.78, 5) is 12.7. The average Bonchev–Trinajstić information content (AvgIpc) is 2.90. The van der Waals surface area contributed by atoms with Crippen LogP contribution in [0.15, 0.2) is 30.3 Å². The second-order valence-corrected chi connectivity index (χ2v) is 8.13. The number of methoxy groups -OCH3 is 1. The van der Waals surface area contributed by atoms with E-state index in [0.717, 1.165) is 39.2 Å². The fourth-order valence-corrected chi connectivity index (χ4v) is 4.16. The first-order valence-electron chi connectivity index (χ1n) is 9.79. The topological polar surface area (TPSA) is 54.0 Å². The van der Waals surface area contributed by atoms with Gasteiger partial charge in [0.05, 0.1) is 5.60 Å². The van der Waals surface area contributed by atoms with Crippen LogP contribution < -0.4 is 0 Å². The highest BCUT2D eigenvalue weighted by atomic mass is 19.4. The summed E-state index contributed by atoms with van der Waals surface area (Å²) in [6.07, 6.45) is -1.25. The maximum Gasteiger partial charge on any atom is 0.432 e. The molecule has 1 aromatic rings. The van der Waals surface area contributed by atoms with Gasteiger partial charge in [-0.2, -0.15) is 13.2 Å². The van der Waals surface area contributed by atoms with E-state index < -0.39 is 35.2 Å². The van der Waals surface area contributed by atoms with Crippen molar-refractivity contribution in [3.63, 3.8) is 0 Å². The molecule has 1 saturated heterocycles. The number of esters is 1. The zero-order chi connectivity index (χ0) is 21.3. The van der Waals surface area contributed by atoms with E-state index in [-0.39, 0.29) is 12.2 Å². The van der Waals surface area contributed by atoms with Crippen LogP contribution in [0.4, 0.5) is 13.2 Å². The quantitative estimate of drug-likeness (QED) is 0.662. The van der Waals surface area contributed by atoms with Crippen LogP contribution in [0.25, 0.3) is 0 Å². The van der Waals surface area contributed by atoms with Crippen molar-refractivity contribution in [1.29, 1.82) is 0 Å². The molecule has 3 rings (SSSR count). The van der Waals surface area contributed by atoms with Gasteiger partial charge in [-0.05, 0) is 26.7 Å². The van der Waals surface area contributed by atoms with Gasteiger partial charge in [0.1, 0.15) is 12.7 Å². The Balaban J connectivity index is 1.79. The van der Waals surface area contributed by atoms with E-state index in [0.29, 0.717) is 0 Å². The van der Waals surface area contributed by atoms with E-state index >= 15 is 0 Å². The summed E-state index contributed by atoms with van der Waals surface area (Å²) >= 11 is 0. The van der Waals surface area contributed by atoms with E-state index in [9.17, 15) is 18.0 Å². The number of ether oxygens (including phenoxy) is 4. The largest absolute Gasteiger partial charge is 0.460 e. The van der Waals surface area contributed by atoms with Crippen LogP contribution in [0.5, 0.6) is 0 Å². The van der Waals surface area contributed by atoms with Crippen molar-refractivity contribution in [3.8, 4) is 0 Å². The molecule has 1 aliphatic heterocycles. The number of carbonyl (C=O) groups excluding carboxylic acids is 1. The fourth-order valence-electron chi connectivity index (χ4n) is 4.16. The lowest BCUT2D eigenvalue weighted by atomic mass is 9.92. The standard InChI is InChI=1S/C21H27F3O5/c1-18(2)16(28-19(29-18)12-8-5-9-13-19)14-27-17(25)20(26-3,21(22,23)24)15-10-6-4-7-11-15/h4,6-7,10-11,16H,5,8-9,12-14H2,1-3H3/t16-,20?/m1/s1. The number of halogens is 3. The van der Waals surface area contributed by atoms with Crippen molar-refractivity contribution in [1.82, 2.24) is 0 Å². The molecule has 0 amide bonds. The van der Waals surface area contributed by atoms with Gasteiger partial charge < -0.3 is 18.9 Å². The van der Waals surface area contributed by atoms with Gasteiger partial charge in [-0.1, -0.05) is 36.8 Å². The van der Waals surface area contributed by atoms with Crippen molar-refractivity contribution in [2.45, 2.75) is 75.2 Å². The van der Waals surface area contributed by atoms with Gasteiger partial charge in [0.25, 0.3) is 5.60 Å². The summed E-state index contributed by atoms with van der Waals surface area (Å²) in [6, 6.07) is 6.75. The molecule has 2 fully saturated rings. The number of hydrogen-bond donors (Lipinski definition) is 0. The Morgan fingerprint density at radius 2 is 1.76 bits per heavy atom. The molecule has 1 unspecified atom stereocenters. The molecule has 1 aromatic carbocycles. The Kier molecular flexibility index (Phi) is 6.00. The SMILES string of the molecule is COC(C(=O)OC[C@H]1OC2(CCCCC2)OC1(C)C)(c1ccccc1)C(F)(F)F. The zero-order valence-electron chi connectivity index (χ0n) is 16.9. The number of rotatable bonds is 5. The molecule has 162 valence electrons. The highest BCUT2D eigenvalue weighted by Crippen LogP contribution is 2.46. The summed E-state index contributed by atoms with van der Waals surface area (Å²) in [5.74, 6) is -2.27. The fraction of sp³-hybridized carbons (Fsp3) is 0.667. The third-order valence-electron chi connectivity index (χ3n) is 5.74. The van der Waals surface area contributed by atoms with Crippen molar-refractivity contribution < 1.29 is 36.9 Å². The zero-order valence-corrected chi connectivity index (χ0v) is 16.9. The number of hydrogen-bond acceptors (Lipinski definition) is 5. The molecule has 1 heterocycles. The summed E-state index contributed by atoms with van der Waals surface area (Å²) in [5, 5.41) is 0. The van der Waals surface area contributed by atoms with Gasteiger partial charge in [0, 0.05) is 25.5 Å². The third kappa shape index (κ3) is 4.02. The van der Waals surface area contributed by atoms with E-state index in [2.05, 4.69) is 0 Å². The summed E-state index contributed by atoms with van der Waals surface area (Å²) in [6.45, 7) is 3.22. The predicted molar refractivity (Wildman–Crippen MR) is 98.0 cm³/mol. The minimum Gasteiger partial charge on any atom is -0.460 e. The minimum absolute atomic E-state index is 0.341. The first kappa shape index (κ1) is 22.1. The second kappa shape index (κ2) is 7.89. The monoisotopic (exact) mass is 416 g/mol. The first-order valence-corrected chi connectivity index (χ1v) is 9.79. The molecule has 0 bridgehead atoms. The molecule has 8 heteroatoms.